The highest BCUT2D eigenvalue weighted by Gasteiger charge is 2.38. The molecule has 0 bridgehead atoms. The minimum absolute atomic E-state index is 0.0783. The molecule has 0 radical (unpaired) electrons. The van der Waals surface area contributed by atoms with Crippen molar-refractivity contribution in [2.45, 2.75) is 70.8 Å². The summed E-state index contributed by atoms with van der Waals surface area (Å²) in [6, 6.07) is 0. The Morgan fingerprint density at radius 1 is 1.22 bits per heavy atom. The van der Waals surface area contributed by atoms with Crippen LogP contribution in [0.3, 0.4) is 0 Å². The predicted octanol–water partition coefficient (Wildman–Crippen LogP) is 1.52. The first-order chi connectivity index (χ1) is 12.8. The van der Waals surface area contributed by atoms with Crippen molar-refractivity contribution in [1.29, 1.82) is 0 Å². The van der Waals surface area contributed by atoms with Crippen LogP contribution in [0, 0.1) is 5.92 Å². The van der Waals surface area contributed by atoms with Crippen LogP contribution in [0.5, 0.6) is 0 Å². The highest BCUT2D eigenvalue weighted by Crippen LogP contribution is 2.34. The molecule has 0 spiro atoms. The van der Waals surface area contributed by atoms with Gasteiger partial charge in [-0.3, -0.25) is 14.4 Å². The lowest BCUT2D eigenvalue weighted by atomic mass is 9.89. The Bertz CT molecular complexity index is 664. The van der Waals surface area contributed by atoms with Gasteiger partial charge >= 0.3 is 5.97 Å². The Labute approximate surface area is 158 Å². The minimum Gasteiger partial charge on any atom is -0.481 e. The molecule has 0 saturated heterocycles. The predicted molar refractivity (Wildman–Crippen MR) is 95.6 cm³/mol. The van der Waals surface area contributed by atoms with Crippen molar-refractivity contribution >= 4 is 17.8 Å². The van der Waals surface area contributed by atoms with Crippen molar-refractivity contribution in [2.24, 2.45) is 5.92 Å². The molecule has 150 valence electrons. The van der Waals surface area contributed by atoms with Crippen molar-refractivity contribution in [2.75, 3.05) is 6.54 Å². The van der Waals surface area contributed by atoms with Gasteiger partial charge in [0, 0.05) is 26.3 Å². The Morgan fingerprint density at radius 2 is 1.89 bits per heavy atom. The third kappa shape index (κ3) is 6.04. The molecule has 9 heteroatoms. The molecule has 0 aromatic carbocycles. The molecule has 1 aromatic heterocycles. The van der Waals surface area contributed by atoms with E-state index in [-0.39, 0.29) is 31.2 Å². The molecule has 2 rings (SSSR count). The number of nitrogens with one attached hydrogen (secondary N) is 2. The van der Waals surface area contributed by atoms with Crippen LogP contribution in [0.4, 0.5) is 0 Å². The summed E-state index contributed by atoms with van der Waals surface area (Å²) in [6.45, 7) is 3.09. The first-order valence-electron chi connectivity index (χ1n) is 9.44. The topological polar surface area (TPSA) is 134 Å². The third-order valence-corrected chi connectivity index (χ3v) is 4.86. The Kier molecular flexibility index (Phi) is 7.32. The van der Waals surface area contributed by atoms with Crippen molar-refractivity contribution in [3.05, 3.63) is 11.7 Å². The Morgan fingerprint density at radius 3 is 2.48 bits per heavy atom. The number of aromatic nitrogens is 2. The van der Waals surface area contributed by atoms with E-state index in [0.717, 1.165) is 38.5 Å². The summed E-state index contributed by atoms with van der Waals surface area (Å²) in [7, 11) is 0. The van der Waals surface area contributed by atoms with Crippen LogP contribution in [0.2, 0.25) is 0 Å². The molecule has 1 aromatic rings. The second-order valence-corrected chi connectivity index (χ2v) is 7.23. The lowest BCUT2D eigenvalue weighted by Crippen LogP contribution is -2.45. The number of nitrogens with zero attached hydrogens (tertiary/aromatic N) is 2. The molecule has 1 fully saturated rings. The molecule has 1 unspecified atom stereocenters. The number of aliphatic carboxylic acids is 1. The maximum absolute atomic E-state index is 11.9. The monoisotopic (exact) mass is 380 g/mol. The summed E-state index contributed by atoms with van der Waals surface area (Å²) in [5.74, 6) is -1.20. The number of carboxylic acids is 1. The lowest BCUT2D eigenvalue weighted by molar-refractivity contribution is -0.141. The molecule has 1 heterocycles. The van der Waals surface area contributed by atoms with Crippen LogP contribution in [0.15, 0.2) is 4.52 Å². The van der Waals surface area contributed by atoms with Crippen LogP contribution in [-0.4, -0.2) is 39.6 Å². The van der Waals surface area contributed by atoms with Crippen molar-refractivity contribution in [3.63, 3.8) is 0 Å². The average molecular weight is 380 g/mol. The zero-order chi connectivity index (χ0) is 19.9. The van der Waals surface area contributed by atoms with Gasteiger partial charge < -0.3 is 20.3 Å². The van der Waals surface area contributed by atoms with E-state index in [4.69, 9.17) is 9.63 Å². The van der Waals surface area contributed by atoms with Gasteiger partial charge in [0.2, 0.25) is 17.7 Å². The molecule has 0 aliphatic heterocycles. The average Bonchev–Trinajstić information content (AvgIpc) is 2.98. The second-order valence-electron chi connectivity index (χ2n) is 7.23. The van der Waals surface area contributed by atoms with E-state index in [2.05, 4.69) is 20.8 Å². The van der Waals surface area contributed by atoms with Crippen molar-refractivity contribution < 1.29 is 24.0 Å². The van der Waals surface area contributed by atoms with Crippen LogP contribution in [-0.2, 0) is 26.3 Å². The number of hydrogen-bond acceptors (Lipinski definition) is 6. The third-order valence-electron chi connectivity index (χ3n) is 4.86. The van der Waals surface area contributed by atoms with Gasteiger partial charge in [0.05, 0.1) is 5.92 Å². The smallest absolute Gasteiger partial charge is 0.308 e. The van der Waals surface area contributed by atoms with Crippen molar-refractivity contribution in [1.82, 2.24) is 20.8 Å². The zero-order valence-electron chi connectivity index (χ0n) is 15.9. The first kappa shape index (κ1) is 20.9. The van der Waals surface area contributed by atoms with Crippen LogP contribution < -0.4 is 10.6 Å². The summed E-state index contributed by atoms with van der Waals surface area (Å²) in [6.07, 6.45) is 6.10. The maximum atomic E-state index is 11.9. The fourth-order valence-corrected chi connectivity index (χ4v) is 3.29. The summed E-state index contributed by atoms with van der Waals surface area (Å²) >= 11 is 0. The van der Waals surface area contributed by atoms with Gasteiger partial charge in [0.15, 0.2) is 5.82 Å². The maximum Gasteiger partial charge on any atom is 0.308 e. The summed E-state index contributed by atoms with van der Waals surface area (Å²) < 4.78 is 5.29. The fraction of sp³-hybridized carbons (Fsp3) is 0.722. The number of carbonyl (C=O) groups excluding carboxylic acids is 2. The van der Waals surface area contributed by atoms with E-state index >= 15 is 0 Å². The highest BCUT2D eigenvalue weighted by molar-refractivity contribution is 5.77. The zero-order valence-corrected chi connectivity index (χ0v) is 15.9. The van der Waals surface area contributed by atoms with Gasteiger partial charge in [-0.25, -0.2) is 0 Å². The Balaban J connectivity index is 1.96. The molecule has 3 N–H and O–H groups in total. The lowest BCUT2D eigenvalue weighted by Gasteiger charge is -2.30. The first-order valence-corrected chi connectivity index (χ1v) is 9.44. The molecule has 2 amide bonds. The highest BCUT2D eigenvalue weighted by atomic mass is 16.5. The molecule has 9 nitrogen and oxygen atoms in total. The van der Waals surface area contributed by atoms with Gasteiger partial charge in [0.1, 0.15) is 5.54 Å². The van der Waals surface area contributed by atoms with Crippen LogP contribution >= 0.6 is 0 Å². The Hall–Kier alpha value is -2.45. The van der Waals surface area contributed by atoms with E-state index < -0.39 is 17.4 Å². The SMILES string of the molecule is CC(=O)NC1(c2noc(CCC(=O)NCC(C)C(=O)O)n2)CCCCCC1. The second kappa shape index (κ2) is 9.48. The summed E-state index contributed by atoms with van der Waals surface area (Å²) in [5.41, 5.74) is -0.608. The van der Waals surface area contributed by atoms with E-state index in [1.54, 1.807) is 0 Å². The molecule has 1 aliphatic rings. The number of hydrogen-bond donors (Lipinski definition) is 3. The largest absolute Gasteiger partial charge is 0.481 e. The molecular weight excluding hydrogens is 352 g/mol. The van der Waals surface area contributed by atoms with Gasteiger partial charge in [0.25, 0.3) is 0 Å². The quantitative estimate of drug-likeness (QED) is 0.582. The number of carboxylic acid groups (broad SMARTS) is 1. The van der Waals surface area contributed by atoms with Gasteiger partial charge in [-0.05, 0) is 12.8 Å². The number of amides is 2. The number of aryl methyl sites for hydroxylation is 1. The van der Waals surface area contributed by atoms with E-state index in [1.165, 1.54) is 13.8 Å². The molecule has 1 saturated carbocycles. The summed E-state index contributed by atoms with van der Waals surface area (Å²) in [4.78, 5) is 38.8. The normalized spacial score (nSPS) is 17.6. The van der Waals surface area contributed by atoms with E-state index in [1.807, 2.05) is 0 Å². The van der Waals surface area contributed by atoms with Crippen LogP contribution in [0.25, 0.3) is 0 Å². The van der Waals surface area contributed by atoms with Gasteiger partial charge in [-0.1, -0.05) is 37.8 Å². The van der Waals surface area contributed by atoms with Gasteiger partial charge in [-0.2, -0.15) is 4.98 Å². The van der Waals surface area contributed by atoms with E-state index in [9.17, 15) is 14.4 Å². The number of rotatable bonds is 8. The molecule has 27 heavy (non-hydrogen) atoms. The summed E-state index contributed by atoms with van der Waals surface area (Å²) in [5, 5.41) is 18.5. The van der Waals surface area contributed by atoms with Gasteiger partial charge in [-0.15, -0.1) is 0 Å². The molecular formula is C18H28N4O5. The van der Waals surface area contributed by atoms with Crippen LogP contribution in [0.1, 0.15) is 70.5 Å². The standard InChI is InChI=1S/C18H28N4O5/c1-12(16(25)26)11-19-14(24)7-8-15-20-17(22-27-15)18(21-13(2)23)9-5-3-4-6-10-18/h12H,3-11H2,1-2H3,(H,19,24)(H,21,23)(H,25,26). The minimum atomic E-state index is -0.955. The molecule has 1 atom stereocenters. The number of carbonyl (C=O) groups is 3. The van der Waals surface area contributed by atoms with E-state index in [0.29, 0.717) is 11.7 Å². The fourth-order valence-electron chi connectivity index (χ4n) is 3.29. The molecule has 1 aliphatic carbocycles. The van der Waals surface area contributed by atoms with Crippen molar-refractivity contribution in [3.8, 4) is 0 Å².